The lowest BCUT2D eigenvalue weighted by Crippen LogP contribution is -1.93. The van der Waals surface area contributed by atoms with Crippen LogP contribution in [0, 0.1) is 0 Å². The van der Waals surface area contributed by atoms with Gasteiger partial charge >= 0.3 is 0 Å². The number of anilines is 1. The molecule has 0 aliphatic heterocycles. The molecule has 0 radical (unpaired) electrons. The zero-order valence-corrected chi connectivity index (χ0v) is 9.59. The van der Waals surface area contributed by atoms with Gasteiger partial charge in [0.05, 0.1) is 6.61 Å². The van der Waals surface area contributed by atoms with Gasteiger partial charge in [-0.3, -0.25) is 0 Å². The summed E-state index contributed by atoms with van der Waals surface area (Å²) in [6.45, 7) is 2.57. The van der Waals surface area contributed by atoms with E-state index in [0.717, 1.165) is 5.75 Å². The van der Waals surface area contributed by atoms with Crippen LogP contribution in [0.3, 0.4) is 0 Å². The van der Waals surface area contributed by atoms with Crippen LogP contribution < -0.4 is 15.2 Å². The molecule has 2 N–H and O–H groups in total. The van der Waals surface area contributed by atoms with Crippen LogP contribution in [0.25, 0.3) is 0 Å². The van der Waals surface area contributed by atoms with Crippen molar-refractivity contribution < 1.29 is 9.47 Å². The first-order chi connectivity index (χ1) is 8.28. The summed E-state index contributed by atoms with van der Waals surface area (Å²) < 4.78 is 11.0. The Hall–Kier alpha value is -2.23. The Morgan fingerprint density at radius 1 is 1.12 bits per heavy atom. The third-order valence-corrected chi connectivity index (χ3v) is 2.10. The van der Waals surface area contributed by atoms with Gasteiger partial charge in [0, 0.05) is 18.3 Å². The number of ether oxygens (including phenoxy) is 2. The first-order valence-corrected chi connectivity index (χ1v) is 5.40. The fraction of sp³-hybridized carbons (Fsp3) is 0.154. The number of benzene rings is 1. The largest absolute Gasteiger partial charge is 0.494 e. The molecule has 0 unspecified atom stereocenters. The Balaban J connectivity index is 2.15. The lowest BCUT2D eigenvalue weighted by Gasteiger charge is -2.08. The maximum atomic E-state index is 5.65. The van der Waals surface area contributed by atoms with Crippen LogP contribution in [-0.4, -0.2) is 11.6 Å². The molecule has 88 valence electrons. The minimum atomic E-state index is 0.434. The van der Waals surface area contributed by atoms with Crippen molar-refractivity contribution in [3.05, 3.63) is 42.6 Å². The first kappa shape index (κ1) is 11.3. The molecule has 1 aromatic carbocycles. The van der Waals surface area contributed by atoms with E-state index in [4.69, 9.17) is 15.2 Å². The van der Waals surface area contributed by atoms with Gasteiger partial charge in [0.1, 0.15) is 23.1 Å². The van der Waals surface area contributed by atoms with Crippen molar-refractivity contribution in [2.45, 2.75) is 6.92 Å². The van der Waals surface area contributed by atoms with Gasteiger partial charge in [0.25, 0.3) is 0 Å². The van der Waals surface area contributed by atoms with E-state index in [1.165, 1.54) is 0 Å². The molecule has 4 heteroatoms. The summed E-state index contributed by atoms with van der Waals surface area (Å²) in [5.74, 6) is 2.59. The van der Waals surface area contributed by atoms with Gasteiger partial charge in [-0.05, 0) is 25.1 Å². The van der Waals surface area contributed by atoms with E-state index in [9.17, 15) is 0 Å². The highest BCUT2D eigenvalue weighted by atomic mass is 16.5. The minimum absolute atomic E-state index is 0.434. The quantitative estimate of drug-likeness (QED) is 0.877. The van der Waals surface area contributed by atoms with Crippen LogP contribution in [0.5, 0.6) is 17.2 Å². The molecule has 0 aliphatic carbocycles. The van der Waals surface area contributed by atoms with Crippen LogP contribution in [0.2, 0.25) is 0 Å². The third kappa shape index (κ3) is 3.11. The van der Waals surface area contributed by atoms with E-state index in [0.29, 0.717) is 23.9 Å². The SMILES string of the molecule is CCOc1cccc(Oc2ccnc(N)c2)c1. The summed E-state index contributed by atoms with van der Waals surface area (Å²) in [7, 11) is 0. The number of hydrogen-bond donors (Lipinski definition) is 1. The molecule has 0 bridgehead atoms. The molecule has 2 aromatic rings. The Bertz CT molecular complexity index is 500. The number of aromatic nitrogens is 1. The van der Waals surface area contributed by atoms with Crippen LogP contribution in [0.15, 0.2) is 42.6 Å². The molecular weight excluding hydrogens is 216 g/mol. The van der Waals surface area contributed by atoms with Crippen LogP contribution >= 0.6 is 0 Å². The fourth-order valence-electron chi connectivity index (χ4n) is 1.42. The molecule has 0 saturated heterocycles. The summed E-state index contributed by atoms with van der Waals surface area (Å²) in [6.07, 6.45) is 1.61. The number of nitrogens with two attached hydrogens (primary N) is 1. The molecule has 1 heterocycles. The minimum Gasteiger partial charge on any atom is -0.494 e. The van der Waals surface area contributed by atoms with Gasteiger partial charge in [-0.15, -0.1) is 0 Å². The average molecular weight is 230 g/mol. The van der Waals surface area contributed by atoms with Crippen molar-refractivity contribution in [2.75, 3.05) is 12.3 Å². The first-order valence-electron chi connectivity index (χ1n) is 5.40. The molecule has 0 spiro atoms. The zero-order valence-electron chi connectivity index (χ0n) is 9.59. The van der Waals surface area contributed by atoms with Crippen molar-refractivity contribution in [3.63, 3.8) is 0 Å². The highest BCUT2D eigenvalue weighted by Crippen LogP contribution is 2.25. The number of nitrogen functional groups attached to an aromatic ring is 1. The van der Waals surface area contributed by atoms with Gasteiger partial charge in [0.15, 0.2) is 0 Å². The van der Waals surface area contributed by atoms with Gasteiger partial charge in [-0.2, -0.15) is 0 Å². The van der Waals surface area contributed by atoms with E-state index >= 15 is 0 Å². The van der Waals surface area contributed by atoms with Crippen molar-refractivity contribution in [3.8, 4) is 17.2 Å². The van der Waals surface area contributed by atoms with Crippen molar-refractivity contribution in [1.82, 2.24) is 4.98 Å². The molecular formula is C13H14N2O2. The summed E-state index contributed by atoms with van der Waals surface area (Å²) in [5.41, 5.74) is 5.57. The number of nitrogens with zero attached hydrogens (tertiary/aromatic N) is 1. The van der Waals surface area contributed by atoms with E-state index in [1.807, 2.05) is 31.2 Å². The average Bonchev–Trinajstić information content (AvgIpc) is 2.30. The smallest absolute Gasteiger partial charge is 0.132 e. The van der Waals surface area contributed by atoms with Crippen molar-refractivity contribution in [2.24, 2.45) is 0 Å². The van der Waals surface area contributed by atoms with E-state index in [-0.39, 0.29) is 0 Å². The molecule has 0 atom stereocenters. The summed E-state index contributed by atoms with van der Waals surface area (Å²) in [4.78, 5) is 3.90. The molecule has 1 aromatic heterocycles. The standard InChI is InChI=1S/C13H14N2O2/c1-2-16-10-4-3-5-11(8-10)17-12-6-7-15-13(14)9-12/h3-9H,2H2,1H3,(H2,14,15). The molecule has 0 aliphatic rings. The van der Waals surface area contributed by atoms with Crippen LogP contribution in [0.1, 0.15) is 6.92 Å². The maximum Gasteiger partial charge on any atom is 0.132 e. The van der Waals surface area contributed by atoms with Gasteiger partial charge in [0.2, 0.25) is 0 Å². The highest BCUT2D eigenvalue weighted by Gasteiger charge is 2.00. The fourth-order valence-corrected chi connectivity index (χ4v) is 1.42. The summed E-state index contributed by atoms with van der Waals surface area (Å²) in [6, 6.07) is 10.9. The van der Waals surface area contributed by atoms with E-state index in [2.05, 4.69) is 4.98 Å². The predicted molar refractivity (Wildman–Crippen MR) is 66.3 cm³/mol. The van der Waals surface area contributed by atoms with Gasteiger partial charge in [-0.25, -0.2) is 4.98 Å². The van der Waals surface area contributed by atoms with Crippen LogP contribution in [0.4, 0.5) is 5.82 Å². The van der Waals surface area contributed by atoms with Crippen molar-refractivity contribution >= 4 is 5.82 Å². The van der Waals surface area contributed by atoms with Gasteiger partial charge in [-0.1, -0.05) is 6.07 Å². The highest BCUT2D eigenvalue weighted by molar-refractivity contribution is 5.40. The summed E-state index contributed by atoms with van der Waals surface area (Å²) >= 11 is 0. The van der Waals surface area contributed by atoms with E-state index in [1.54, 1.807) is 18.3 Å². The molecule has 0 saturated carbocycles. The van der Waals surface area contributed by atoms with Gasteiger partial charge < -0.3 is 15.2 Å². The molecule has 17 heavy (non-hydrogen) atoms. The summed E-state index contributed by atoms with van der Waals surface area (Å²) in [5, 5.41) is 0. The molecule has 0 fully saturated rings. The number of hydrogen-bond acceptors (Lipinski definition) is 4. The molecule has 4 nitrogen and oxygen atoms in total. The molecule has 0 amide bonds. The normalized spacial score (nSPS) is 9.94. The van der Waals surface area contributed by atoms with Crippen molar-refractivity contribution in [1.29, 1.82) is 0 Å². The number of rotatable bonds is 4. The monoisotopic (exact) mass is 230 g/mol. The zero-order chi connectivity index (χ0) is 12.1. The lowest BCUT2D eigenvalue weighted by molar-refractivity contribution is 0.338. The molecule has 2 rings (SSSR count). The Kier molecular flexibility index (Phi) is 3.45. The predicted octanol–water partition coefficient (Wildman–Crippen LogP) is 2.85. The Labute approximate surface area is 100 Å². The van der Waals surface area contributed by atoms with Crippen LogP contribution in [-0.2, 0) is 0 Å². The Morgan fingerprint density at radius 3 is 2.65 bits per heavy atom. The lowest BCUT2D eigenvalue weighted by atomic mass is 10.3. The second-order valence-corrected chi connectivity index (χ2v) is 3.43. The third-order valence-electron chi connectivity index (χ3n) is 2.10. The van der Waals surface area contributed by atoms with E-state index < -0.39 is 0 Å². The second kappa shape index (κ2) is 5.21. The second-order valence-electron chi connectivity index (χ2n) is 3.43. The maximum absolute atomic E-state index is 5.65. The topological polar surface area (TPSA) is 57.4 Å². The number of pyridine rings is 1. The Morgan fingerprint density at radius 2 is 1.88 bits per heavy atom.